The van der Waals surface area contributed by atoms with Gasteiger partial charge >= 0.3 is 0 Å². The molecule has 0 saturated heterocycles. The Kier molecular flexibility index (Phi) is 6.02. The largest absolute Gasteiger partial charge is 0.481 e. The van der Waals surface area contributed by atoms with Crippen LogP contribution in [0.3, 0.4) is 0 Å². The molecule has 0 saturated carbocycles. The van der Waals surface area contributed by atoms with Crippen LogP contribution in [-0.2, 0) is 10.0 Å². The molecule has 1 N–H and O–H groups in total. The van der Waals surface area contributed by atoms with E-state index < -0.39 is 16.1 Å². The van der Waals surface area contributed by atoms with Gasteiger partial charge in [-0.05, 0) is 38.1 Å². The van der Waals surface area contributed by atoms with Crippen LogP contribution in [0.2, 0.25) is 0 Å². The van der Waals surface area contributed by atoms with Gasteiger partial charge in [0.2, 0.25) is 10.0 Å². The quantitative estimate of drug-likeness (QED) is 0.798. The Balaban J connectivity index is 2.83. The molecule has 110 valence electrons. The van der Waals surface area contributed by atoms with E-state index >= 15 is 0 Å². The molecule has 0 aliphatic rings. The number of nitrogens with zero attached hydrogens (tertiary/aromatic N) is 1. The van der Waals surface area contributed by atoms with E-state index in [2.05, 4.69) is 11.8 Å². The lowest BCUT2D eigenvalue weighted by molar-refractivity contribution is 0.171. The minimum Gasteiger partial charge on any atom is -0.481 e. The van der Waals surface area contributed by atoms with Crippen molar-refractivity contribution in [2.75, 3.05) is 20.2 Å². The lowest BCUT2D eigenvalue weighted by Gasteiger charge is -2.18. The summed E-state index contributed by atoms with van der Waals surface area (Å²) in [7, 11) is -2.15. The molecule has 20 heavy (non-hydrogen) atoms. The predicted molar refractivity (Wildman–Crippen MR) is 76.9 cm³/mol. The topological polar surface area (TPSA) is 66.8 Å². The molecule has 0 spiro atoms. The number of sulfonamides is 1. The summed E-state index contributed by atoms with van der Waals surface area (Å²) in [5.41, 5.74) is 0. The van der Waals surface area contributed by atoms with Crippen molar-refractivity contribution in [1.29, 1.82) is 0 Å². The molecular formula is C14H19NO4S. The van der Waals surface area contributed by atoms with E-state index in [1.54, 1.807) is 19.1 Å². The number of rotatable bonds is 6. The highest BCUT2D eigenvalue weighted by atomic mass is 32.2. The van der Waals surface area contributed by atoms with Crippen molar-refractivity contribution in [3.8, 4) is 17.6 Å². The highest BCUT2D eigenvalue weighted by Crippen LogP contribution is 2.18. The Hall–Kier alpha value is -1.55. The van der Waals surface area contributed by atoms with E-state index in [4.69, 9.17) is 4.74 Å². The van der Waals surface area contributed by atoms with Crippen LogP contribution in [0.15, 0.2) is 29.2 Å². The first-order valence-corrected chi connectivity index (χ1v) is 7.59. The average Bonchev–Trinajstić information content (AvgIpc) is 2.39. The molecule has 6 heteroatoms. The normalized spacial score (nSPS) is 12.7. The molecule has 1 aromatic rings. The van der Waals surface area contributed by atoms with Crippen LogP contribution in [0, 0.1) is 11.8 Å². The van der Waals surface area contributed by atoms with Crippen LogP contribution in [0.25, 0.3) is 0 Å². The molecule has 0 radical (unpaired) electrons. The second kappa shape index (κ2) is 7.29. The van der Waals surface area contributed by atoms with Crippen molar-refractivity contribution in [3.63, 3.8) is 0 Å². The molecule has 0 aliphatic carbocycles. The number of aliphatic hydroxyl groups is 1. The van der Waals surface area contributed by atoms with Gasteiger partial charge in [-0.2, -0.15) is 4.31 Å². The van der Waals surface area contributed by atoms with Gasteiger partial charge in [-0.3, -0.25) is 0 Å². The van der Waals surface area contributed by atoms with Crippen LogP contribution >= 0.6 is 0 Å². The van der Waals surface area contributed by atoms with E-state index in [-0.39, 0.29) is 18.0 Å². The number of benzene rings is 1. The molecule has 1 atom stereocenters. The minimum atomic E-state index is -3.59. The fourth-order valence-corrected chi connectivity index (χ4v) is 2.80. The van der Waals surface area contributed by atoms with E-state index in [9.17, 15) is 13.5 Å². The summed E-state index contributed by atoms with van der Waals surface area (Å²) >= 11 is 0. The maximum Gasteiger partial charge on any atom is 0.242 e. The molecule has 0 aromatic heterocycles. The summed E-state index contributed by atoms with van der Waals surface area (Å²) in [4.78, 5) is 0.162. The number of likely N-dealkylation sites (N-methyl/N-ethyl adjacent to an activating group) is 1. The first-order chi connectivity index (χ1) is 9.37. The predicted octanol–water partition coefficient (Wildman–Crippen LogP) is 1.09. The fourth-order valence-electron chi connectivity index (χ4n) is 1.55. The zero-order chi connectivity index (χ0) is 15.2. The third kappa shape index (κ3) is 4.53. The molecule has 1 aromatic carbocycles. The maximum atomic E-state index is 12.2. The second-order valence-electron chi connectivity index (χ2n) is 4.32. The fraction of sp³-hybridized carbons (Fsp3) is 0.429. The Morgan fingerprint density at radius 3 is 2.45 bits per heavy atom. The number of ether oxygens (including phenoxy) is 1. The summed E-state index contributed by atoms with van der Waals surface area (Å²) in [5.74, 6) is 6.02. The van der Waals surface area contributed by atoms with Crippen LogP contribution in [0.1, 0.15) is 13.8 Å². The highest BCUT2D eigenvalue weighted by molar-refractivity contribution is 7.89. The van der Waals surface area contributed by atoms with Crippen LogP contribution in [-0.4, -0.2) is 44.1 Å². The van der Waals surface area contributed by atoms with Crippen LogP contribution in [0.4, 0.5) is 0 Å². The summed E-state index contributed by atoms with van der Waals surface area (Å²) < 4.78 is 30.8. The van der Waals surface area contributed by atoms with Gasteiger partial charge < -0.3 is 9.84 Å². The van der Waals surface area contributed by atoms with Gasteiger partial charge in [0.1, 0.15) is 12.4 Å². The highest BCUT2D eigenvalue weighted by Gasteiger charge is 2.21. The Morgan fingerprint density at radius 2 is 1.95 bits per heavy atom. The summed E-state index contributed by atoms with van der Waals surface area (Å²) in [6.45, 7) is 3.58. The van der Waals surface area contributed by atoms with Gasteiger partial charge in [0.05, 0.1) is 11.0 Å². The SMILES string of the molecule is CC#CCOc1ccc(S(=O)(=O)N(C)CC(C)O)cc1. The molecule has 0 fully saturated rings. The molecule has 0 aliphatic heterocycles. The van der Waals surface area contributed by atoms with Crippen molar-refractivity contribution in [1.82, 2.24) is 4.31 Å². The van der Waals surface area contributed by atoms with Crippen molar-refractivity contribution in [2.45, 2.75) is 24.8 Å². The van der Waals surface area contributed by atoms with Crippen LogP contribution < -0.4 is 4.74 Å². The Morgan fingerprint density at radius 1 is 1.35 bits per heavy atom. The van der Waals surface area contributed by atoms with E-state index in [1.807, 2.05) is 0 Å². The van der Waals surface area contributed by atoms with Crippen molar-refractivity contribution in [3.05, 3.63) is 24.3 Å². The number of hydrogen-bond donors (Lipinski definition) is 1. The number of aliphatic hydroxyl groups excluding tert-OH is 1. The van der Waals surface area contributed by atoms with Gasteiger partial charge in [0.25, 0.3) is 0 Å². The zero-order valence-corrected chi connectivity index (χ0v) is 12.6. The number of hydrogen-bond acceptors (Lipinski definition) is 4. The van der Waals surface area contributed by atoms with Crippen molar-refractivity contribution < 1.29 is 18.3 Å². The lowest BCUT2D eigenvalue weighted by Crippen LogP contribution is -2.33. The molecule has 1 unspecified atom stereocenters. The molecular weight excluding hydrogens is 278 g/mol. The van der Waals surface area contributed by atoms with Crippen LogP contribution in [0.5, 0.6) is 5.75 Å². The molecule has 0 heterocycles. The molecule has 0 bridgehead atoms. The summed E-state index contributed by atoms with van der Waals surface area (Å²) in [6.07, 6.45) is -0.718. The molecule has 0 amide bonds. The van der Waals surface area contributed by atoms with Gasteiger partial charge in [0, 0.05) is 13.6 Å². The molecule has 1 rings (SSSR count). The Bertz CT molecular complexity index is 582. The summed E-state index contributed by atoms with van der Waals surface area (Å²) in [6, 6.07) is 6.12. The van der Waals surface area contributed by atoms with E-state index in [1.165, 1.54) is 26.1 Å². The third-order valence-corrected chi connectivity index (χ3v) is 4.38. The first-order valence-electron chi connectivity index (χ1n) is 6.14. The van der Waals surface area contributed by atoms with E-state index in [0.717, 1.165) is 4.31 Å². The van der Waals surface area contributed by atoms with Gasteiger partial charge in [0.15, 0.2) is 0 Å². The van der Waals surface area contributed by atoms with E-state index in [0.29, 0.717) is 5.75 Å². The second-order valence-corrected chi connectivity index (χ2v) is 6.37. The zero-order valence-electron chi connectivity index (χ0n) is 11.8. The smallest absolute Gasteiger partial charge is 0.242 e. The maximum absolute atomic E-state index is 12.2. The monoisotopic (exact) mass is 297 g/mol. The minimum absolute atomic E-state index is 0.0483. The first kappa shape index (κ1) is 16.5. The van der Waals surface area contributed by atoms with Gasteiger partial charge in [-0.1, -0.05) is 5.92 Å². The van der Waals surface area contributed by atoms with Gasteiger partial charge in [-0.15, -0.1) is 5.92 Å². The third-order valence-electron chi connectivity index (χ3n) is 2.54. The average molecular weight is 297 g/mol. The van der Waals surface area contributed by atoms with Gasteiger partial charge in [-0.25, -0.2) is 8.42 Å². The summed E-state index contributed by atoms with van der Waals surface area (Å²) in [5, 5.41) is 9.26. The van der Waals surface area contributed by atoms with Crippen molar-refractivity contribution in [2.24, 2.45) is 0 Å². The lowest BCUT2D eigenvalue weighted by atomic mass is 10.3. The van der Waals surface area contributed by atoms with Crippen molar-refractivity contribution >= 4 is 10.0 Å². The molecule has 5 nitrogen and oxygen atoms in total. The Labute approximate surface area is 120 Å². The standard InChI is InChI=1S/C14H19NO4S/c1-4-5-10-19-13-6-8-14(9-7-13)20(17,18)15(3)11-12(2)16/h6-9,12,16H,10-11H2,1-3H3.